The van der Waals surface area contributed by atoms with E-state index in [4.69, 9.17) is 9.47 Å². The second kappa shape index (κ2) is 9.91. The molecule has 0 aromatic heterocycles. The predicted molar refractivity (Wildman–Crippen MR) is 101 cm³/mol. The van der Waals surface area contributed by atoms with Gasteiger partial charge in [-0.05, 0) is 30.7 Å². The Kier molecular flexibility index (Phi) is 7.30. The van der Waals surface area contributed by atoms with Gasteiger partial charge in [-0.2, -0.15) is 5.10 Å². The Hall–Kier alpha value is -3.42. The number of methoxy groups -OCH3 is 1. The van der Waals surface area contributed by atoms with Crippen molar-refractivity contribution in [2.24, 2.45) is 5.10 Å². The van der Waals surface area contributed by atoms with E-state index in [1.54, 1.807) is 43.5 Å². The minimum Gasteiger partial charge on any atom is -0.497 e. The van der Waals surface area contributed by atoms with Gasteiger partial charge in [-0.25, -0.2) is 5.43 Å². The molecule has 0 saturated carbocycles. The number of nitrogens with zero attached hydrogens (tertiary/aromatic N) is 2. The fraction of sp³-hybridized carbons (Fsp3) is 0.263. The molecule has 0 aliphatic heterocycles. The van der Waals surface area contributed by atoms with E-state index in [-0.39, 0.29) is 12.3 Å². The number of rotatable bonds is 9. The van der Waals surface area contributed by atoms with Crippen molar-refractivity contribution < 1.29 is 19.2 Å². The smallest absolute Gasteiger partial charge is 0.277 e. The maximum Gasteiger partial charge on any atom is 0.277 e. The zero-order valence-electron chi connectivity index (χ0n) is 15.2. The maximum absolute atomic E-state index is 12.0. The third-order valence-electron chi connectivity index (χ3n) is 3.62. The van der Waals surface area contributed by atoms with E-state index in [0.717, 1.165) is 6.42 Å². The summed E-state index contributed by atoms with van der Waals surface area (Å²) in [4.78, 5) is 22.4. The molecule has 8 nitrogen and oxygen atoms in total. The summed E-state index contributed by atoms with van der Waals surface area (Å²) >= 11 is 0. The van der Waals surface area contributed by atoms with Gasteiger partial charge in [-0.15, -0.1) is 0 Å². The van der Waals surface area contributed by atoms with Gasteiger partial charge in [-0.1, -0.05) is 25.5 Å². The molecule has 8 heteroatoms. The molecule has 1 N–H and O–H groups in total. The van der Waals surface area contributed by atoms with Gasteiger partial charge >= 0.3 is 0 Å². The zero-order valence-corrected chi connectivity index (χ0v) is 15.2. The molecule has 0 bridgehead atoms. The van der Waals surface area contributed by atoms with E-state index in [1.807, 2.05) is 6.92 Å². The Morgan fingerprint density at radius 3 is 2.52 bits per heavy atom. The van der Waals surface area contributed by atoms with Crippen LogP contribution in [-0.2, 0) is 4.79 Å². The normalized spacial score (nSPS) is 11.0. The molecule has 2 aromatic rings. The van der Waals surface area contributed by atoms with E-state index in [2.05, 4.69) is 10.5 Å². The van der Waals surface area contributed by atoms with E-state index in [1.165, 1.54) is 12.1 Å². The lowest BCUT2D eigenvalue weighted by Gasteiger charge is -2.08. The van der Waals surface area contributed by atoms with Gasteiger partial charge in [0.2, 0.25) is 0 Å². The average molecular weight is 371 g/mol. The molecule has 0 heterocycles. The Balaban J connectivity index is 1.99. The van der Waals surface area contributed by atoms with Crippen molar-refractivity contribution in [1.82, 2.24) is 5.43 Å². The summed E-state index contributed by atoms with van der Waals surface area (Å²) in [5, 5.41) is 15.0. The zero-order chi connectivity index (χ0) is 19.6. The van der Waals surface area contributed by atoms with Crippen molar-refractivity contribution in [3.8, 4) is 11.5 Å². The van der Waals surface area contributed by atoms with Gasteiger partial charge < -0.3 is 9.47 Å². The molecule has 0 spiro atoms. The van der Waals surface area contributed by atoms with E-state index >= 15 is 0 Å². The molecule has 0 unspecified atom stereocenters. The third-order valence-corrected chi connectivity index (χ3v) is 3.62. The molecular formula is C19H21N3O5. The van der Waals surface area contributed by atoms with Crippen LogP contribution in [0.15, 0.2) is 53.6 Å². The Morgan fingerprint density at radius 2 is 1.89 bits per heavy atom. The molecule has 2 aromatic carbocycles. The number of carbonyl (C=O) groups is 1. The van der Waals surface area contributed by atoms with Crippen molar-refractivity contribution in [3.05, 3.63) is 64.2 Å². The summed E-state index contributed by atoms with van der Waals surface area (Å²) in [6.07, 6.45) is 1.35. The average Bonchev–Trinajstić information content (AvgIpc) is 2.70. The Morgan fingerprint density at radius 1 is 1.19 bits per heavy atom. The van der Waals surface area contributed by atoms with Crippen LogP contribution in [0.2, 0.25) is 0 Å². The highest BCUT2D eigenvalue weighted by Gasteiger charge is 2.11. The van der Waals surface area contributed by atoms with E-state index in [0.29, 0.717) is 29.2 Å². The topological polar surface area (TPSA) is 103 Å². The molecule has 0 aliphatic carbocycles. The fourth-order valence-electron chi connectivity index (χ4n) is 2.28. The fourth-order valence-corrected chi connectivity index (χ4v) is 2.28. The summed E-state index contributed by atoms with van der Waals surface area (Å²) in [6.45, 7) is 1.76. The van der Waals surface area contributed by atoms with Gasteiger partial charge in [0, 0.05) is 17.7 Å². The molecule has 0 fully saturated rings. The first-order chi connectivity index (χ1) is 13.0. The molecule has 0 aliphatic rings. The number of nitro benzene ring substituents is 1. The van der Waals surface area contributed by atoms with Crippen LogP contribution in [-0.4, -0.2) is 30.3 Å². The highest BCUT2D eigenvalue weighted by atomic mass is 16.6. The summed E-state index contributed by atoms with van der Waals surface area (Å²) in [5.74, 6) is 0.796. The van der Waals surface area contributed by atoms with Crippen LogP contribution < -0.4 is 14.9 Å². The quantitative estimate of drug-likeness (QED) is 0.414. The maximum atomic E-state index is 12.0. The molecule has 2 rings (SSSR count). The van der Waals surface area contributed by atoms with E-state index < -0.39 is 10.8 Å². The van der Waals surface area contributed by atoms with Crippen molar-refractivity contribution >= 4 is 17.3 Å². The molecule has 142 valence electrons. The number of hydrogen-bond donors (Lipinski definition) is 1. The molecule has 0 atom stereocenters. The van der Waals surface area contributed by atoms with Crippen molar-refractivity contribution in [3.63, 3.8) is 0 Å². The van der Waals surface area contributed by atoms with Crippen LogP contribution in [0.25, 0.3) is 0 Å². The standard InChI is InChI=1S/C19H21N3O5/c1-3-5-18(14-6-4-7-15(12-14)22(24)25)20-21-19(23)13-27-17-10-8-16(26-2)9-11-17/h4,6-12H,3,5,13H2,1-2H3,(H,21,23)/b20-18-. The van der Waals surface area contributed by atoms with Gasteiger partial charge in [0.15, 0.2) is 6.61 Å². The first kappa shape index (κ1) is 19.9. The molecular weight excluding hydrogens is 350 g/mol. The van der Waals surface area contributed by atoms with Crippen LogP contribution >= 0.6 is 0 Å². The molecule has 0 radical (unpaired) electrons. The predicted octanol–water partition coefficient (Wildman–Crippen LogP) is 3.30. The van der Waals surface area contributed by atoms with Gasteiger partial charge in [-0.3, -0.25) is 14.9 Å². The SMILES string of the molecule is CCC/C(=N/NC(=O)COc1ccc(OC)cc1)c1cccc([N+](=O)[O-])c1. The second-order valence-electron chi connectivity index (χ2n) is 5.62. The first-order valence-electron chi connectivity index (χ1n) is 8.40. The number of hydrogen-bond acceptors (Lipinski definition) is 6. The number of non-ortho nitro benzene ring substituents is 1. The minimum atomic E-state index is -0.464. The van der Waals surface area contributed by atoms with Crippen LogP contribution in [0.3, 0.4) is 0 Å². The molecule has 27 heavy (non-hydrogen) atoms. The summed E-state index contributed by atoms with van der Waals surface area (Å²) in [5.41, 5.74) is 3.58. The number of amides is 1. The van der Waals surface area contributed by atoms with Crippen LogP contribution in [0.5, 0.6) is 11.5 Å². The Bertz CT molecular complexity index is 818. The Labute approximate surface area is 157 Å². The lowest BCUT2D eigenvalue weighted by molar-refractivity contribution is -0.384. The van der Waals surface area contributed by atoms with E-state index in [9.17, 15) is 14.9 Å². The van der Waals surface area contributed by atoms with Crippen LogP contribution in [0.4, 0.5) is 5.69 Å². The summed E-state index contributed by atoms with van der Waals surface area (Å²) in [7, 11) is 1.57. The number of nitro groups is 1. The number of ether oxygens (including phenoxy) is 2. The highest BCUT2D eigenvalue weighted by Crippen LogP contribution is 2.17. The largest absolute Gasteiger partial charge is 0.497 e. The van der Waals surface area contributed by atoms with Crippen molar-refractivity contribution in [1.29, 1.82) is 0 Å². The van der Waals surface area contributed by atoms with Gasteiger partial charge in [0.25, 0.3) is 11.6 Å². The lowest BCUT2D eigenvalue weighted by atomic mass is 10.1. The highest BCUT2D eigenvalue weighted by molar-refractivity contribution is 6.01. The second-order valence-corrected chi connectivity index (χ2v) is 5.62. The third kappa shape index (κ3) is 6.10. The number of carbonyl (C=O) groups excluding carboxylic acids is 1. The van der Waals surface area contributed by atoms with Crippen molar-refractivity contribution in [2.45, 2.75) is 19.8 Å². The monoisotopic (exact) mass is 371 g/mol. The van der Waals surface area contributed by atoms with Crippen molar-refractivity contribution in [2.75, 3.05) is 13.7 Å². The minimum absolute atomic E-state index is 0.0227. The number of nitrogens with one attached hydrogen (secondary N) is 1. The van der Waals surface area contributed by atoms with Crippen LogP contribution in [0, 0.1) is 10.1 Å². The number of benzene rings is 2. The van der Waals surface area contributed by atoms with Crippen LogP contribution in [0.1, 0.15) is 25.3 Å². The summed E-state index contributed by atoms with van der Waals surface area (Å²) in [6, 6.07) is 13.0. The lowest BCUT2D eigenvalue weighted by Crippen LogP contribution is -2.26. The van der Waals surface area contributed by atoms with Gasteiger partial charge in [0.1, 0.15) is 11.5 Å². The molecule has 1 amide bonds. The first-order valence-corrected chi connectivity index (χ1v) is 8.40. The van der Waals surface area contributed by atoms with Gasteiger partial charge in [0.05, 0.1) is 17.7 Å². The number of hydrazone groups is 1. The summed E-state index contributed by atoms with van der Waals surface area (Å²) < 4.78 is 10.4. The molecule has 0 saturated heterocycles.